The highest BCUT2D eigenvalue weighted by Crippen LogP contribution is 2.18. The molecule has 0 aromatic carbocycles. The number of nitrogens with zero attached hydrogens (tertiary/aromatic N) is 3. The predicted molar refractivity (Wildman–Crippen MR) is 64.1 cm³/mol. The number of anilines is 2. The Bertz CT molecular complexity index is 620. The number of rotatable bonds is 3. The number of sulfonamides is 1. The van der Waals surface area contributed by atoms with Crippen LogP contribution >= 0.6 is 11.3 Å². The molecule has 7 nitrogen and oxygen atoms in total. The highest BCUT2D eigenvalue weighted by molar-refractivity contribution is 7.93. The van der Waals surface area contributed by atoms with Gasteiger partial charge in [-0.15, -0.1) is 11.3 Å². The maximum absolute atomic E-state index is 11.9. The van der Waals surface area contributed by atoms with E-state index in [1.165, 1.54) is 11.3 Å². The monoisotopic (exact) mass is 271 g/mol. The number of aromatic nitrogens is 3. The van der Waals surface area contributed by atoms with Gasteiger partial charge in [0.1, 0.15) is 4.90 Å². The van der Waals surface area contributed by atoms with E-state index in [9.17, 15) is 8.42 Å². The van der Waals surface area contributed by atoms with Crippen LogP contribution in [0.15, 0.2) is 22.7 Å². The zero-order valence-electron chi connectivity index (χ0n) is 8.78. The Morgan fingerprint density at radius 3 is 2.53 bits per heavy atom. The minimum Gasteiger partial charge on any atom is -0.368 e. The van der Waals surface area contributed by atoms with Gasteiger partial charge >= 0.3 is 0 Å². The predicted octanol–water partition coefficient (Wildman–Crippen LogP) is 0.625. The van der Waals surface area contributed by atoms with Crippen LogP contribution in [-0.2, 0) is 10.0 Å². The average Bonchev–Trinajstić information content (AvgIpc) is 2.63. The molecule has 0 atom stereocenters. The lowest BCUT2D eigenvalue weighted by molar-refractivity contribution is 0.600. The molecule has 0 unspecified atom stereocenters. The molecule has 0 aliphatic rings. The summed E-state index contributed by atoms with van der Waals surface area (Å²) in [5, 5.41) is 2.05. The van der Waals surface area contributed by atoms with Crippen LogP contribution in [0, 0.1) is 6.92 Å². The molecular formula is C8H9N5O2S2. The molecule has 0 radical (unpaired) electrons. The van der Waals surface area contributed by atoms with E-state index >= 15 is 0 Å². The van der Waals surface area contributed by atoms with Crippen molar-refractivity contribution in [3.8, 4) is 0 Å². The molecular weight excluding hydrogens is 262 g/mol. The Hall–Kier alpha value is -1.74. The van der Waals surface area contributed by atoms with Gasteiger partial charge in [0.2, 0.25) is 5.95 Å². The lowest BCUT2D eigenvalue weighted by atomic mass is 10.6. The van der Waals surface area contributed by atoms with Gasteiger partial charge in [-0.25, -0.2) is 23.4 Å². The van der Waals surface area contributed by atoms with E-state index in [4.69, 9.17) is 5.73 Å². The van der Waals surface area contributed by atoms with Crippen LogP contribution in [0.1, 0.15) is 5.69 Å². The van der Waals surface area contributed by atoms with E-state index < -0.39 is 10.0 Å². The molecule has 0 saturated heterocycles. The number of nitrogen functional groups attached to an aromatic ring is 1. The molecule has 2 aromatic rings. The van der Waals surface area contributed by atoms with E-state index in [1.54, 1.807) is 12.3 Å². The molecule has 90 valence electrons. The van der Waals surface area contributed by atoms with Crippen molar-refractivity contribution in [3.63, 3.8) is 0 Å². The van der Waals surface area contributed by atoms with Crippen LogP contribution in [0.2, 0.25) is 0 Å². The second-order valence-corrected chi connectivity index (χ2v) is 5.72. The Kier molecular flexibility index (Phi) is 2.94. The SMILES string of the molecule is Cc1csc(NS(=O)(=O)c2cnc(N)nc2)n1. The molecule has 0 aliphatic carbocycles. The molecule has 2 rings (SSSR count). The van der Waals surface area contributed by atoms with Crippen molar-refractivity contribution in [3.05, 3.63) is 23.5 Å². The van der Waals surface area contributed by atoms with Gasteiger partial charge in [0.15, 0.2) is 5.13 Å². The fraction of sp³-hybridized carbons (Fsp3) is 0.125. The number of nitrogens with two attached hydrogens (primary N) is 1. The van der Waals surface area contributed by atoms with Crippen molar-refractivity contribution in [2.24, 2.45) is 0 Å². The van der Waals surface area contributed by atoms with Gasteiger partial charge in [-0.2, -0.15) is 0 Å². The van der Waals surface area contributed by atoms with Crippen molar-refractivity contribution in [2.45, 2.75) is 11.8 Å². The largest absolute Gasteiger partial charge is 0.368 e. The summed E-state index contributed by atoms with van der Waals surface area (Å²) in [5.74, 6) is 0.0223. The third kappa shape index (κ3) is 2.68. The highest BCUT2D eigenvalue weighted by atomic mass is 32.2. The molecule has 9 heteroatoms. The third-order valence-electron chi connectivity index (χ3n) is 1.80. The third-order valence-corrected chi connectivity index (χ3v) is 4.10. The first-order valence-corrected chi connectivity index (χ1v) is 6.86. The fourth-order valence-corrected chi connectivity index (χ4v) is 2.87. The van der Waals surface area contributed by atoms with E-state index in [-0.39, 0.29) is 10.8 Å². The summed E-state index contributed by atoms with van der Waals surface area (Å²) in [5.41, 5.74) is 6.03. The molecule has 0 aliphatic heterocycles. The zero-order chi connectivity index (χ0) is 12.5. The van der Waals surface area contributed by atoms with Crippen LogP contribution in [-0.4, -0.2) is 23.4 Å². The quantitative estimate of drug-likeness (QED) is 0.846. The smallest absolute Gasteiger partial charge is 0.266 e. The van der Waals surface area contributed by atoms with Crippen molar-refractivity contribution in [1.82, 2.24) is 15.0 Å². The maximum atomic E-state index is 11.9. The van der Waals surface area contributed by atoms with Gasteiger partial charge in [-0.3, -0.25) is 4.72 Å². The topological polar surface area (TPSA) is 111 Å². The zero-order valence-corrected chi connectivity index (χ0v) is 10.4. The summed E-state index contributed by atoms with van der Waals surface area (Å²) in [6.07, 6.45) is 2.29. The molecule has 0 spiro atoms. The first kappa shape index (κ1) is 11.7. The maximum Gasteiger partial charge on any atom is 0.266 e. The lowest BCUT2D eigenvalue weighted by Crippen LogP contribution is -2.13. The minimum atomic E-state index is -3.70. The van der Waals surface area contributed by atoms with Crippen LogP contribution in [0.3, 0.4) is 0 Å². The normalized spacial score (nSPS) is 11.4. The number of nitrogens with one attached hydrogen (secondary N) is 1. The summed E-state index contributed by atoms with van der Waals surface area (Å²) in [4.78, 5) is 11.2. The lowest BCUT2D eigenvalue weighted by Gasteiger charge is -2.03. The summed E-state index contributed by atoms with van der Waals surface area (Å²) < 4.78 is 26.0. The van der Waals surface area contributed by atoms with E-state index in [2.05, 4.69) is 19.7 Å². The summed E-state index contributed by atoms with van der Waals surface area (Å²) >= 11 is 1.21. The number of thiazole rings is 1. The molecule has 0 fully saturated rings. The Morgan fingerprint density at radius 1 is 1.35 bits per heavy atom. The highest BCUT2D eigenvalue weighted by Gasteiger charge is 2.16. The molecule has 17 heavy (non-hydrogen) atoms. The van der Waals surface area contributed by atoms with E-state index in [0.717, 1.165) is 18.1 Å². The van der Waals surface area contributed by atoms with Gasteiger partial charge < -0.3 is 5.73 Å². The van der Waals surface area contributed by atoms with E-state index in [1.807, 2.05) is 0 Å². The van der Waals surface area contributed by atoms with Gasteiger partial charge in [0.25, 0.3) is 10.0 Å². The number of hydrogen-bond acceptors (Lipinski definition) is 7. The molecule has 0 amide bonds. The van der Waals surface area contributed by atoms with Crippen LogP contribution < -0.4 is 10.5 Å². The van der Waals surface area contributed by atoms with Gasteiger partial charge in [-0.05, 0) is 6.92 Å². The summed E-state index contributed by atoms with van der Waals surface area (Å²) in [6.45, 7) is 1.78. The standard InChI is InChI=1S/C8H9N5O2S2/c1-5-4-16-8(12-5)13-17(14,15)6-2-10-7(9)11-3-6/h2-4H,1H3,(H,12,13)(H2,9,10,11). The Morgan fingerprint density at radius 2 is 2.00 bits per heavy atom. The van der Waals surface area contributed by atoms with Crippen molar-refractivity contribution in [1.29, 1.82) is 0 Å². The number of hydrogen-bond donors (Lipinski definition) is 2. The van der Waals surface area contributed by atoms with Crippen LogP contribution in [0.4, 0.5) is 11.1 Å². The summed E-state index contributed by atoms with van der Waals surface area (Å²) in [7, 11) is -3.70. The van der Waals surface area contributed by atoms with Gasteiger partial charge in [-0.1, -0.05) is 0 Å². The first-order valence-electron chi connectivity index (χ1n) is 4.50. The van der Waals surface area contributed by atoms with Crippen molar-refractivity contribution >= 4 is 32.4 Å². The van der Waals surface area contributed by atoms with E-state index in [0.29, 0.717) is 5.13 Å². The van der Waals surface area contributed by atoms with Gasteiger partial charge in [0, 0.05) is 5.38 Å². The Labute approximate surface area is 102 Å². The van der Waals surface area contributed by atoms with Crippen LogP contribution in [0.5, 0.6) is 0 Å². The molecule has 0 saturated carbocycles. The fourth-order valence-electron chi connectivity index (χ4n) is 1.04. The first-order chi connectivity index (χ1) is 7.97. The van der Waals surface area contributed by atoms with Gasteiger partial charge in [0.05, 0.1) is 18.1 Å². The van der Waals surface area contributed by atoms with Crippen molar-refractivity contribution < 1.29 is 8.42 Å². The number of aryl methyl sites for hydroxylation is 1. The summed E-state index contributed by atoms with van der Waals surface area (Å²) in [6, 6.07) is 0. The molecule has 2 heterocycles. The molecule has 3 N–H and O–H groups in total. The second kappa shape index (κ2) is 4.26. The van der Waals surface area contributed by atoms with Crippen LogP contribution in [0.25, 0.3) is 0 Å². The Balaban J connectivity index is 2.28. The molecule has 0 bridgehead atoms. The second-order valence-electron chi connectivity index (χ2n) is 3.18. The minimum absolute atomic E-state index is 0.0223. The molecule has 2 aromatic heterocycles. The van der Waals surface area contributed by atoms with Crippen molar-refractivity contribution in [2.75, 3.05) is 10.5 Å². The average molecular weight is 271 g/mol.